The summed E-state index contributed by atoms with van der Waals surface area (Å²) in [4.78, 5) is 14.4. The Kier molecular flexibility index (Phi) is 7.74. The molecule has 3 aromatic rings. The minimum absolute atomic E-state index is 0.126. The Morgan fingerprint density at radius 3 is 2.41 bits per heavy atom. The van der Waals surface area contributed by atoms with Crippen LogP contribution in [0.25, 0.3) is 0 Å². The van der Waals surface area contributed by atoms with E-state index in [1.165, 1.54) is 18.3 Å². The summed E-state index contributed by atoms with van der Waals surface area (Å²) in [6, 6.07) is 17.8. The summed E-state index contributed by atoms with van der Waals surface area (Å²) in [6.45, 7) is 1.64. The van der Waals surface area contributed by atoms with Crippen molar-refractivity contribution in [3.8, 4) is 5.75 Å². The summed E-state index contributed by atoms with van der Waals surface area (Å²) in [6.07, 6.45) is 1.36. The second-order valence-electron chi connectivity index (χ2n) is 6.70. The predicted octanol–water partition coefficient (Wildman–Crippen LogP) is 4.63. The molecule has 0 heterocycles. The number of benzene rings is 3. The molecule has 0 saturated heterocycles. The maximum absolute atomic E-state index is 12.2. The topological polar surface area (TPSA) is 96.9 Å². The number of carbonyl (C=O) groups excluding carboxylic acids is 1. The quantitative estimate of drug-likeness (QED) is 0.354. The van der Waals surface area contributed by atoms with E-state index in [-0.39, 0.29) is 11.5 Å². The van der Waals surface area contributed by atoms with Crippen LogP contribution < -0.4 is 14.9 Å². The first kappa shape index (κ1) is 23.6. The molecule has 2 N–H and O–H groups in total. The minimum Gasteiger partial charge on any atom is -0.484 e. The molecule has 0 radical (unpaired) electrons. The van der Waals surface area contributed by atoms with Gasteiger partial charge in [0.05, 0.1) is 21.8 Å². The number of carbonyl (C=O) groups is 1. The summed E-state index contributed by atoms with van der Waals surface area (Å²) >= 11 is 11.9. The Labute approximate surface area is 196 Å². The normalized spacial score (nSPS) is 11.3. The molecule has 1 amide bonds. The Balaban J connectivity index is 1.51. The van der Waals surface area contributed by atoms with Crippen LogP contribution in [0.2, 0.25) is 10.0 Å². The highest BCUT2D eigenvalue weighted by Gasteiger charge is 2.12. The number of aryl methyl sites for hydroxylation is 1. The third-order valence-corrected chi connectivity index (χ3v) is 5.97. The maximum atomic E-state index is 12.2. The number of hydrazone groups is 1. The van der Waals surface area contributed by atoms with Gasteiger partial charge in [-0.3, -0.25) is 4.79 Å². The standard InChI is InChI=1S/C22H19Cl2N3O4S/c1-15-2-9-19(10-3-15)32(29,30)27-25-13-16-4-7-18(8-5-16)31-14-22(28)26-21-12-17(23)6-11-20(21)24/h2-13,27H,14H2,1H3,(H,26,28)/b25-13-. The number of ether oxygens (including phenoxy) is 1. The first-order valence-electron chi connectivity index (χ1n) is 9.32. The summed E-state index contributed by atoms with van der Waals surface area (Å²) in [5, 5.41) is 7.22. The third kappa shape index (κ3) is 6.71. The molecule has 0 aromatic heterocycles. The molecule has 10 heteroatoms. The number of nitrogens with zero attached hydrogens (tertiary/aromatic N) is 1. The second-order valence-corrected chi connectivity index (χ2v) is 9.20. The molecule has 0 aliphatic heterocycles. The second kappa shape index (κ2) is 10.5. The zero-order valence-corrected chi connectivity index (χ0v) is 19.2. The lowest BCUT2D eigenvalue weighted by molar-refractivity contribution is -0.118. The predicted molar refractivity (Wildman–Crippen MR) is 126 cm³/mol. The third-order valence-electron chi connectivity index (χ3n) is 4.17. The van der Waals surface area contributed by atoms with E-state index < -0.39 is 15.9 Å². The number of hydrogen-bond acceptors (Lipinski definition) is 5. The Morgan fingerprint density at radius 1 is 1.03 bits per heavy atom. The van der Waals surface area contributed by atoms with E-state index in [4.69, 9.17) is 27.9 Å². The molecule has 32 heavy (non-hydrogen) atoms. The van der Waals surface area contributed by atoms with E-state index in [1.54, 1.807) is 54.6 Å². The Hall–Kier alpha value is -3.07. The van der Waals surface area contributed by atoms with E-state index in [2.05, 4.69) is 15.2 Å². The van der Waals surface area contributed by atoms with Crippen LogP contribution in [0.15, 0.2) is 76.7 Å². The van der Waals surface area contributed by atoms with Crippen LogP contribution in [0.3, 0.4) is 0 Å². The molecule has 0 atom stereocenters. The fourth-order valence-electron chi connectivity index (χ4n) is 2.52. The average molecular weight is 492 g/mol. The van der Waals surface area contributed by atoms with Gasteiger partial charge in [0.2, 0.25) is 0 Å². The number of amides is 1. The zero-order chi connectivity index (χ0) is 23.1. The van der Waals surface area contributed by atoms with E-state index in [0.717, 1.165) is 5.56 Å². The molecule has 3 rings (SSSR count). The lowest BCUT2D eigenvalue weighted by Crippen LogP contribution is -2.20. The van der Waals surface area contributed by atoms with Gasteiger partial charge < -0.3 is 10.1 Å². The van der Waals surface area contributed by atoms with Crippen molar-refractivity contribution in [1.82, 2.24) is 4.83 Å². The van der Waals surface area contributed by atoms with Crippen LogP contribution in [0.4, 0.5) is 5.69 Å². The minimum atomic E-state index is -3.74. The number of hydrogen-bond donors (Lipinski definition) is 2. The Bertz CT molecular complexity index is 1230. The van der Waals surface area contributed by atoms with Crippen molar-refractivity contribution >= 4 is 51.0 Å². The molecule has 3 aromatic carbocycles. The molecule has 0 aliphatic rings. The SMILES string of the molecule is Cc1ccc(S(=O)(=O)N/N=C\c2ccc(OCC(=O)Nc3cc(Cl)ccc3Cl)cc2)cc1. The van der Waals surface area contributed by atoms with Gasteiger partial charge >= 0.3 is 0 Å². The van der Waals surface area contributed by atoms with Gasteiger partial charge in [0.25, 0.3) is 15.9 Å². The van der Waals surface area contributed by atoms with Crippen molar-refractivity contribution in [2.75, 3.05) is 11.9 Å². The molecule has 0 spiro atoms. The van der Waals surface area contributed by atoms with Gasteiger partial charge in [0, 0.05) is 5.02 Å². The molecular formula is C22H19Cl2N3O4S. The Morgan fingerprint density at radius 2 is 1.72 bits per heavy atom. The van der Waals surface area contributed by atoms with Crippen molar-refractivity contribution in [3.05, 3.63) is 87.9 Å². The number of anilines is 1. The summed E-state index contributed by atoms with van der Waals surface area (Å²) in [5.41, 5.74) is 1.99. The fourth-order valence-corrected chi connectivity index (χ4v) is 3.65. The number of rotatable bonds is 8. The molecule has 0 bridgehead atoms. The first-order chi connectivity index (χ1) is 15.2. The van der Waals surface area contributed by atoms with Crippen LogP contribution in [-0.2, 0) is 14.8 Å². The molecule has 7 nitrogen and oxygen atoms in total. The van der Waals surface area contributed by atoms with Crippen molar-refractivity contribution in [2.24, 2.45) is 5.10 Å². The fraction of sp³-hybridized carbons (Fsp3) is 0.0909. The largest absolute Gasteiger partial charge is 0.484 e. The molecule has 166 valence electrons. The number of sulfonamides is 1. The van der Waals surface area contributed by atoms with Gasteiger partial charge in [-0.05, 0) is 67.1 Å². The van der Waals surface area contributed by atoms with Gasteiger partial charge in [0.15, 0.2) is 6.61 Å². The first-order valence-corrected chi connectivity index (χ1v) is 11.6. The molecule has 0 unspecified atom stereocenters. The zero-order valence-electron chi connectivity index (χ0n) is 16.9. The highest BCUT2D eigenvalue weighted by Crippen LogP contribution is 2.25. The van der Waals surface area contributed by atoms with E-state index >= 15 is 0 Å². The number of halogens is 2. The highest BCUT2D eigenvalue weighted by molar-refractivity contribution is 7.89. The monoisotopic (exact) mass is 491 g/mol. The lowest BCUT2D eigenvalue weighted by atomic mass is 10.2. The maximum Gasteiger partial charge on any atom is 0.276 e. The molecule has 0 fully saturated rings. The summed E-state index contributed by atoms with van der Waals surface area (Å²) in [5.74, 6) is 0.0556. The van der Waals surface area contributed by atoms with Crippen molar-refractivity contribution in [3.63, 3.8) is 0 Å². The molecule has 0 saturated carbocycles. The smallest absolute Gasteiger partial charge is 0.276 e. The van der Waals surface area contributed by atoms with E-state index in [9.17, 15) is 13.2 Å². The summed E-state index contributed by atoms with van der Waals surface area (Å²) in [7, 11) is -3.74. The highest BCUT2D eigenvalue weighted by atomic mass is 35.5. The van der Waals surface area contributed by atoms with Crippen molar-refractivity contribution < 1.29 is 17.9 Å². The van der Waals surface area contributed by atoms with Gasteiger partial charge in [-0.2, -0.15) is 13.5 Å². The molecular weight excluding hydrogens is 473 g/mol. The van der Waals surface area contributed by atoms with E-state index in [1.807, 2.05) is 6.92 Å². The van der Waals surface area contributed by atoms with Crippen LogP contribution in [-0.4, -0.2) is 27.1 Å². The average Bonchev–Trinajstić information content (AvgIpc) is 2.76. The van der Waals surface area contributed by atoms with Gasteiger partial charge in [-0.1, -0.05) is 40.9 Å². The van der Waals surface area contributed by atoms with Crippen LogP contribution in [0.5, 0.6) is 5.75 Å². The lowest BCUT2D eigenvalue weighted by Gasteiger charge is -2.09. The van der Waals surface area contributed by atoms with Crippen molar-refractivity contribution in [1.29, 1.82) is 0 Å². The van der Waals surface area contributed by atoms with Gasteiger partial charge in [0.1, 0.15) is 5.75 Å². The molecule has 0 aliphatic carbocycles. The van der Waals surface area contributed by atoms with Gasteiger partial charge in [-0.25, -0.2) is 4.83 Å². The van der Waals surface area contributed by atoms with E-state index in [0.29, 0.717) is 27.0 Å². The van der Waals surface area contributed by atoms with Crippen molar-refractivity contribution in [2.45, 2.75) is 11.8 Å². The van der Waals surface area contributed by atoms with Crippen LogP contribution in [0.1, 0.15) is 11.1 Å². The van der Waals surface area contributed by atoms with Crippen LogP contribution in [0, 0.1) is 6.92 Å². The number of nitrogens with one attached hydrogen (secondary N) is 2. The van der Waals surface area contributed by atoms with Crippen LogP contribution >= 0.6 is 23.2 Å². The van der Waals surface area contributed by atoms with Gasteiger partial charge in [-0.15, -0.1) is 0 Å². The summed E-state index contributed by atoms with van der Waals surface area (Å²) < 4.78 is 29.9.